The smallest absolute Gasteiger partial charge is 0.241 e. The first kappa shape index (κ1) is 12.4. The zero-order valence-corrected chi connectivity index (χ0v) is 9.94. The summed E-state index contributed by atoms with van der Waals surface area (Å²) in [6.07, 6.45) is 0. The number of carbonyl (C=O) groups excluding carboxylic acids is 1. The van der Waals surface area contributed by atoms with Crippen LogP contribution in [0.25, 0.3) is 0 Å². The summed E-state index contributed by atoms with van der Waals surface area (Å²) in [7, 11) is 5.92. The van der Waals surface area contributed by atoms with Gasteiger partial charge in [0.2, 0.25) is 5.91 Å². The van der Waals surface area contributed by atoms with Gasteiger partial charge in [-0.15, -0.1) is 0 Å². The predicted molar refractivity (Wildman–Crippen MR) is 60.6 cm³/mol. The first-order valence-electron chi connectivity index (χ1n) is 5.40. The Morgan fingerprint density at radius 2 is 2.13 bits per heavy atom. The molecule has 1 heterocycles. The van der Waals surface area contributed by atoms with Gasteiger partial charge in [0.15, 0.2) is 0 Å². The summed E-state index contributed by atoms with van der Waals surface area (Å²) >= 11 is 0. The fourth-order valence-electron chi connectivity index (χ4n) is 1.80. The van der Waals surface area contributed by atoms with E-state index in [0.29, 0.717) is 6.54 Å². The number of nitrogens with zero attached hydrogens (tertiary/aromatic N) is 3. The van der Waals surface area contributed by atoms with Crippen LogP contribution in [0.1, 0.15) is 0 Å². The molecule has 1 rings (SSSR count). The standard InChI is InChI=1S/C10H22N4O/c1-12(2)4-6-14-7-5-13(3)10(15)9(14)8-11/h9H,4-8,11H2,1-3H3. The zero-order valence-electron chi connectivity index (χ0n) is 9.94. The highest BCUT2D eigenvalue weighted by Crippen LogP contribution is 2.08. The van der Waals surface area contributed by atoms with Gasteiger partial charge < -0.3 is 15.5 Å². The van der Waals surface area contributed by atoms with Crippen molar-refractivity contribution in [2.24, 2.45) is 5.73 Å². The van der Waals surface area contributed by atoms with Gasteiger partial charge >= 0.3 is 0 Å². The number of nitrogens with two attached hydrogens (primary N) is 1. The number of hydrogen-bond acceptors (Lipinski definition) is 4. The van der Waals surface area contributed by atoms with Crippen LogP contribution in [0.3, 0.4) is 0 Å². The van der Waals surface area contributed by atoms with Crippen LogP contribution in [0.5, 0.6) is 0 Å². The monoisotopic (exact) mass is 214 g/mol. The third-order valence-electron chi connectivity index (χ3n) is 2.88. The first-order chi connectivity index (χ1) is 7.06. The van der Waals surface area contributed by atoms with Crippen LogP contribution in [0.4, 0.5) is 0 Å². The highest BCUT2D eigenvalue weighted by molar-refractivity contribution is 5.82. The number of likely N-dealkylation sites (N-methyl/N-ethyl adjacent to an activating group) is 2. The maximum atomic E-state index is 11.8. The molecule has 1 atom stereocenters. The summed E-state index contributed by atoms with van der Waals surface area (Å²) in [5, 5.41) is 0. The van der Waals surface area contributed by atoms with Gasteiger partial charge in [0.1, 0.15) is 6.04 Å². The van der Waals surface area contributed by atoms with Crippen LogP contribution in [0.15, 0.2) is 0 Å². The summed E-state index contributed by atoms with van der Waals surface area (Å²) in [6, 6.07) is -0.122. The molecule has 1 aliphatic heterocycles. The van der Waals surface area contributed by atoms with Gasteiger partial charge in [0, 0.05) is 39.8 Å². The van der Waals surface area contributed by atoms with Crippen molar-refractivity contribution in [2.45, 2.75) is 6.04 Å². The van der Waals surface area contributed by atoms with E-state index in [0.717, 1.165) is 26.2 Å². The molecular formula is C10H22N4O. The van der Waals surface area contributed by atoms with Crippen LogP contribution in [-0.2, 0) is 4.79 Å². The summed E-state index contributed by atoms with van der Waals surface area (Å²) in [6.45, 7) is 4.03. The number of rotatable bonds is 4. The first-order valence-corrected chi connectivity index (χ1v) is 5.40. The van der Waals surface area contributed by atoms with Crippen molar-refractivity contribution in [3.63, 3.8) is 0 Å². The molecule has 0 aliphatic carbocycles. The molecule has 1 saturated heterocycles. The third-order valence-corrected chi connectivity index (χ3v) is 2.88. The molecular weight excluding hydrogens is 192 g/mol. The Hall–Kier alpha value is -0.650. The summed E-state index contributed by atoms with van der Waals surface area (Å²) in [4.78, 5) is 17.9. The molecule has 0 aromatic carbocycles. The van der Waals surface area contributed by atoms with Crippen LogP contribution in [-0.4, -0.2) is 80.5 Å². The van der Waals surface area contributed by atoms with Crippen molar-refractivity contribution in [3.8, 4) is 0 Å². The maximum absolute atomic E-state index is 11.8. The molecule has 0 aromatic heterocycles. The van der Waals surface area contributed by atoms with Crippen molar-refractivity contribution >= 4 is 5.91 Å². The van der Waals surface area contributed by atoms with E-state index in [2.05, 4.69) is 9.80 Å². The molecule has 1 amide bonds. The van der Waals surface area contributed by atoms with Crippen LogP contribution < -0.4 is 5.73 Å². The minimum absolute atomic E-state index is 0.122. The van der Waals surface area contributed by atoms with Gasteiger partial charge in [-0.2, -0.15) is 0 Å². The zero-order chi connectivity index (χ0) is 11.4. The van der Waals surface area contributed by atoms with E-state index in [1.807, 2.05) is 21.1 Å². The minimum Gasteiger partial charge on any atom is -0.343 e. The summed E-state index contributed by atoms with van der Waals surface area (Å²) in [5.74, 6) is 0.155. The molecule has 0 spiro atoms. The quantitative estimate of drug-likeness (QED) is 0.629. The van der Waals surface area contributed by atoms with Gasteiger partial charge in [-0.05, 0) is 14.1 Å². The number of amides is 1. The Labute approximate surface area is 91.8 Å². The second-order valence-corrected chi connectivity index (χ2v) is 4.35. The molecule has 5 nitrogen and oxygen atoms in total. The molecule has 0 radical (unpaired) electrons. The average molecular weight is 214 g/mol. The highest BCUT2D eigenvalue weighted by atomic mass is 16.2. The lowest BCUT2D eigenvalue weighted by Gasteiger charge is -2.38. The predicted octanol–water partition coefficient (Wildman–Crippen LogP) is -1.35. The topological polar surface area (TPSA) is 52.8 Å². The third kappa shape index (κ3) is 3.15. The molecule has 2 N–H and O–H groups in total. The van der Waals surface area contributed by atoms with E-state index in [1.165, 1.54) is 0 Å². The van der Waals surface area contributed by atoms with Gasteiger partial charge in [-0.25, -0.2) is 0 Å². The van der Waals surface area contributed by atoms with Crippen molar-refractivity contribution in [1.29, 1.82) is 0 Å². The van der Waals surface area contributed by atoms with Gasteiger partial charge in [0.25, 0.3) is 0 Å². The Morgan fingerprint density at radius 3 is 2.67 bits per heavy atom. The van der Waals surface area contributed by atoms with E-state index in [1.54, 1.807) is 4.90 Å². The average Bonchev–Trinajstić information content (AvgIpc) is 2.19. The van der Waals surface area contributed by atoms with E-state index >= 15 is 0 Å². The van der Waals surface area contributed by atoms with E-state index in [-0.39, 0.29) is 11.9 Å². The van der Waals surface area contributed by atoms with Crippen LogP contribution in [0.2, 0.25) is 0 Å². The molecule has 5 heteroatoms. The van der Waals surface area contributed by atoms with E-state index in [4.69, 9.17) is 5.73 Å². The Kier molecular flexibility index (Phi) is 4.50. The Bertz CT molecular complexity index is 219. The number of hydrogen-bond donors (Lipinski definition) is 1. The molecule has 1 fully saturated rings. The van der Waals surface area contributed by atoms with Crippen LogP contribution >= 0.6 is 0 Å². The van der Waals surface area contributed by atoms with Crippen molar-refractivity contribution < 1.29 is 4.79 Å². The summed E-state index contributed by atoms with van der Waals surface area (Å²) < 4.78 is 0. The lowest BCUT2D eigenvalue weighted by atomic mass is 10.1. The largest absolute Gasteiger partial charge is 0.343 e. The normalized spacial score (nSPS) is 23.9. The van der Waals surface area contributed by atoms with Gasteiger partial charge in [0.05, 0.1) is 0 Å². The Balaban J connectivity index is 2.52. The lowest BCUT2D eigenvalue weighted by molar-refractivity contribution is -0.139. The fourth-order valence-corrected chi connectivity index (χ4v) is 1.80. The highest BCUT2D eigenvalue weighted by Gasteiger charge is 2.31. The fraction of sp³-hybridized carbons (Fsp3) is 0.900. The van der Waals surface area contributed by atoms with Gasteiger partial charge in [-0.3, -0.25) is 9.69 Å². The van der Waals surface area contributed by atoms with Crippen molar-refractivity contribution in [2.75, 3.05) is 53.9 Å². The van der Waals surface area contributed by atoms with Gasteiger partial charge in [-0.1, -0.05) is 0 Å². The molecule has 0 saturated carbocycles. The van der Waals surface area contributed by atoms with E-state index < -0.39 is 0 Å². The summed E-state index contributed by atoms with van der Waals surface area (Å²) in [5.41, 5.74) is 5.65. The van der Waals surface area contributed by atoms with Crippen molar-refractivity contribution in [1.82, 2.24) is 14.7 Å². The molecule has 0 bridgehead atoms. The molecule has 1 aliphatic rings. The van der Waals surface area contributed by atoms with Crippen LogP contribution in [0, 0.1) is 0 Å². The molecule has 0 aromatic rings. The number of piperazine rings is 1. The molecule has 88 valence electrons. The van der Waals surface area contributed by atoms with Crippen molar-refractivity contribution in [3.05, 3.63) is 0 Å². The maximum Gasteiger partial charge on any atom is 0.241 e. The SMILES string of the molecule is CN(C)CCN1CCN(C)C(=O)C1CN. The minimum atomic E-state index is -0.122. The Morgan fingerprint density at radius 1 is 1.47 bits per heavy atom. The second kappa shape index (κ2) is 5.44. The van der Waals surface area contributed by atoms with E-state index in [9.17, 15) is 4.79 Å². The second-order valence-electron chi connectivity index (χ2n) is 4.35. The molecule has 15 heavy (non-hydrogen) atoms. The lowest BCUT2D eigenvalue weighted by Crippen LogP contribution is -2.59. The molecule has 1 unspecified atom stereocenters. The number of carbonyl (C=O) groups is 1.